The van der Waals surface area contributed by atoms with Crippen LogP contribution in [0.3, 0.4) is 0 Å². The third kappa shape index (κ3) is 2.42. The third-order valence-corrected chi connectivity index (χ3v) is 2.12. The van der Waals surface area contributed by atoms with E-state index in [0.29, 0.717) is 6.42 Å². The zero-order valence-corrected chi connectivity index (χ0v) is 8.77. The molecule has 0 fully saturated rings. The average Bonchev–Trinajstić information content (AvgIpc) is 2.25. The van der Waals surface area contributed by atoms with Gasteiger partial charge in [-0.15, -0.1) is 0 Å². The number of carbonyl (C=O) groups excluding carboxylic acids is 1. The molecule has 5 heteroatoms. The molecular formula is C11H12N2O3. The predicted octanol–water partition coefficient (Wildman–Crippen LogP) is 1.13. The lowest BCUT2D eigenvalue weighted by molar-refractivity contribution is 0.0939. The molecule has 0 aliphatic rings. The Balaban J connectivity index is 2.94. The maximum Gasteiger partial charge on any atom is 0.259 e. The fraction of sp³-hybridized carbons (Fsp3) is 0.273. The van der Waals surface area contributed by atoms with Crippen LogP contribution >= 0.6 is 0 Å². The molecule has 0 bridgehead atoms. The predicted molar refractivity (Wildman–Crippen MR) is 56.9 cm³/mol. The number of hydrogen-bond acceptors (Lipinski definition) is 4. The van der Waals surface area contributed by atoms with E-state index in [1.165, 1.54) is 18.2 Å². The van der Waals surface area contributed by atoms with Gasteiger partial charge in [0.15, 0.2) is 0 Å². The summed E-state index contributed by atoms with van der Waals surface area (Å²) in [6.07, 6.45) is 0.455. The lowest BCUT2D eigenvalue weighted by atomic mass is 10.1. The van der Waals surface area contributed by atoms with Gasteiger partial charge in [0.1, 0.15) is 23.1 Å². The zero-order chi connectivity index (χ0) is 12.1. The number of benzene rings is 1. The van der Waals surface area contributed by atoms with E-state index in [4.69, 9.17) is 5.26 Å². The number of hydrogen-bond donors (Lipinski definition) is 3. The van der Waals surface area contributed by atoms with Crippen molar-refractivity contribution in [2.45, 2.75) is 19.4 Å². The lowest BCUT2D eigenvalue weighted by Gasteiger charge is -2.11. The fourth-order valence-electron chi connectivity index (χ4n) is 1.22. The van der Waals surface area contributed by atoms with Crippen LogP contribution in [0.15, 0.2) is 18.2 Å². The van der Waals surface area contributed by atoms with Crippen molar-refractivity contribution in [1.29, 1.82) is 5.26 Å². The molecule has 1 atom stereocenters. The van der Waals surface area contributed by atoms with Gasteiger partial charge in [0, 0.05) is 0 Å². The molecule has 3 N–H and O–H groups in total. The van der Waals surface area contributed by atoms with Crippen molar-refractivity contribution in [3.8, 4) is 17.6 Å². The van der Waals surface area contributed by atoms with Gasteiger partial charge in [-0.25, -0.2) is 0 Å². The Morgan fingerprint density at radius 2 is 2.06 bits per heavy atom. The monoisotopic (exact) mass is 220 g/mol. The molecule has 0 aliphatic carbocycles. The van der Waals surface area contributed by atoms with Gasteiger partial charge in [-0.1, -0.05) is 13.0 Å². The second kappa shape index (κ2) is 5.03. The van der Waals surface area contributed by atoms with E-state index in [1.54, 1.807) is 6.92 Å². The Hall–Kier alpha value is -2.22. The van der Waals surface area contributed by atoms with Crippen molar-refractivity contribution in [3.63, 3.8) is 0 Å². The van der Waals surface area contributed by atoms with Gasteiger partial charge in [0.25, 0.3) is 5.91 Å². The smallest absolute Gasteiger partial charge is 0.259 e. The highest BCUT2D eigenvalue weighted by Crippen LogP contribution is 2.25. The van der Waals surface area contributed by atoms with Crippen LogP contribution in [-0.2, 0) is 0 Å². The van der Waals surface area contributed by atoms with Gasteiger partial charge in [-0.2, -0.15) is 5.26 Å². The summed E-state index contributed by atoms with van der Waals surface area (Å²) in [5, 5.41) is 29.9. The van der Waals surface area contributed by atoms with Crippen LogP contribution in [0, 0.1) is 11.3 Å². The van der Waals surface area contributed by atoms with Crippen molar-refractivity contribution < 1.29 is 15.0 Å². The Bertz CT molecular complexity index is 417. The molecule has 0 aromatic heterocycles. The number of aromatic hydroxyl groups is 2. The Kier molecular flexibility index (Phi) is 3.72. The number of phenolic OH excluding ortho intramolecular Hbond substituents is 2. The third-order valence-electron chi connectivity index (χ3n) is 2.12. The van der Waals surface area contributed by atoms with E-state index in [-0.39, 0.29) is 17.1 Å². The number of carbonyl (C=O) groups is 1. The highest BCUT2D eigenvalue weighted by molar-refractivity contribution is 5.99. The molecule has 1 unspecified atom stereocenters. The normalized spacial score (nSPS) is 11.5. The van der Waals surface area contributed by atoms with Gasteiger partial charge >= 0.3 is 0 Å². The van der Waals surface area contributed by atoms with E-state index < -0.39 is 11.9 Å². The van der Waals surface area contributed by atoms with Crippen LogP contribution in [0.4, 0.5) is 0 Å². The summed E-state index contributed by atoms with van der Waals surface area (Å²) < 4.78 is 0. The molecule has 0 saturated heterocycles. The summed E-state index contributed by atoms with van der Waals surface area (Å²) in [7, 11) is 0. The number of rotatable bonds is 3. The van der Waals surface area contributed by atoms with E-state index in [2.05, 4.69) is 5.32 Å². The van der Waals surface area contributed by atoms with Crippen LogP contribution in [0.5, 0.6) is 11.5 Å². The fourth-order valence-corrected chi connectivity index (χ4v) is 1.22. The molecule has 5 nitrogen and oxygen atoms in total. The molecule has 84 valence electrons. The van der Waals surface area contributed by atoms with E-state index in [1.807, 2.05) is 6.07 Å². The van der Waals surface area contributed by atoms with Gasteiger partial charge in [-0.3, -0.25) is 4.79 Å². The average molecular weight is 220 g/mol. The summed E-state index contributed by atoms with van der Waals surface area (Å²) in [6, 6.07) is 5.27. The minimum absolute atomic E-state index is 0.212. The summed E-state index contributed by atoms with van der Waals surface area (Å²) >= 11 is 0. The standard InChI is InChI=1S/C11H12N2O3/c1-2-7(6-12)13-11(16)10-8(14)4-3-5-9(10)15/h3-5,7,14-15H,2H2,1H3,(H,13,16). The molecule has 0 saturated carbocycles. The molecular weight excluding hydrogens is 208 g/mol. The number of nitriles is 1. The van der Waals surface area contributed by atoms with Crippen molar-refractivity contribution in [2.24, 2.45) is 0 Å². The zero-order valence-electron chi connectivity index (χ0n) is 8.77. The SMILES string of the molecule is CCC(C#N)NC(=O)c1c(O)cccc1O. The quantitative estimate of drug-likeness (QED) is 0.711. The van der Waals surface area contributed by atoms with Crippen molar-refractivity contribution >= 4 is 5.91 Å². The highest BCUT2D eigenvalue weighted by atomic mass is 16.3. The topological polar surface area (TPSA) is 93.4 Å². The molecule has 16 heavy (non-hydrogen) atoms. The highest BCUT2D eigenvalue weighted by Gasteiger charge is 2.18. The summed E-state index contributed by atoms with van der Waals surface area (Å²) in [5.41, 5.74) is -0.212. The molecule has 1 amide bonds. The largest absolute Gasteiger partial charge is 0.507 e. The van der Waals surface area contributed by atoms with E-state index in [9.17, 15) is 15.0 Å². The van der Waals surface area contributed by atoms with Crippen molar-refractivity contribution in [1.82, 2.24) is 5.32 Å². The molecule has 1 aromatic carbocycles. The van der Waals surface area contributed by atoms with E-state index >= 15 is 0 Å². The molecule has 0 radical (unpaired) electrons. The number of nitrogens with one attached hydrogen (secondary N) is 1. The van der Waals surface area contributed by atoms with Crippen LogP contribution in [-0.4, -0.2) is 22.2 Å². The second-order valence-corrected chi connectivity index (χ2v) is 3.23. The summed E-state index contributed by atoms with van der Waals surface area (Å²) in [4.78, 5) is 11.6. The van der Waals surface area contributed by atoms with Gasteiger partial charge in [0.05, 0.1) is 6.07 Å². The molecule has 0 aliphatic heterocycles. The second-order valence-electron chi connectivity index (χ2n) is 3.23. The maximum absolute atomic E-state index is 11.6. The minimum atomic E-state index is -0.663. The first-order chi connectivity index (χ1) is 7.60. The van der Waals surface area contributed by atoms with Gasteiger partial charge < -0.3 is 15.5 Å². The first-order valence-corrected chi connectivity index (χ1v) is 4.81. The van der Waals surface area contributed by atoms with Crippen LogP contribution in [0.1, 0.15) is 23.7 Å². The lowest BCUT2D eigenvalue weighted by Crippen LogP contribution is -2.33. The van der Waals surface area contributed by atoms with Crippen LogP contribution in [0.25, 0.3) is 0 Å². The maximum atomic E-state index is 11.6. The van der Waals surface area contributed by atoms with Crippen molar-refractivity contribution in [2.75, 3.05) is 0 Å². The van der Waals surface area contributed by atoms with Gasteiger partial charge in [-0.05, 0) is 18.6 Å². The summed E-state index contributed by atoms with van der Waals surface area (Å²) in [5.74, 6) is -1.29. The Labute approximate surface area is 92.9 Å². The molecule has 0 heterocycles. The number of amides is 1. The van der Waals surface area contributed by atoms with E-state index in [0.717, 1.165) is 0 Å². The summed E-state index contributed by atoms with van der Waals surface area (Å²) in [6.45, 7) is 1.75. The Morgan fingerprint density at radius 3 is 2.50 bits per heavy atom. The van der Waals surface area contributed by atoms with Crippen LogP contribution in [0.2, 0.25) is 0 Å². The van der Waals surface area contributed by atoms with Gasteiger partial charge in [0.2, 0.25) is 0 Å². The minimum Gasteiger partial charge on any atom is -0.507 e. The van der Waals surface area contributed by atoms with Crippen molar-refractivity contribution in [3.05, 3.63) is 23.8 Å². The number of phenols is 2. The Morgan fingerprint density at radius 1 is 1.50 bits per heavy atom. The molecule has 1 aromatic rings. The first-order valence-electron chi connectivity index (χ1n) is 4.81. The van der Waals surface area contributed by atoms with Crippen LogP contribution < -0.4 is 5.32 Å². The molecule has 1 rings (SSSR count). The number of nitrogens with zero attached hydrogens (tertiary/aromatic N) is 1. The molecule has 0 spiro atoms. The first kappa shape index (κ1) is 11.9.